The Labute approximate surface area is 132 Å². The van der Waals surface area contributed by atoms with Crippen molar-refractivity contribution in [1.82, 2.24) is 9.62 Å². The molecule has 0 bridgehead atoms. The van der Waals surface area contributed by atoms with E-state index in [0.29, 0.717) is 31.1 Å². The minimum atomic E-state index is -3.48. The minimum absolute atomic E-state index is 0.200. The SMILES string of the molecule is CC(C)CCNC(=O)c1cccc(S(=O)(=O)N2CCCC2)c1. The van der Waals surface area contributed by atoms with Crippen LogP contribution in [0.15, 0.2) is 29.2 Å². The summed E-state index contributed by atoms with van der Waals surface area (Å²) in [6.07, 6.45) is 2.70. The van der Waals surface area contributed by atoms with Crippen molar-refractivity contribution in [2.24, 2.45) is 5.92 Å². The largest absolute Gasteiger partial charge is 0.352 e. The van der Waals surface area contributed by atoms with E-state index in [-0.39, 0.29) is 10.8 Å². The smallest absolute Gasteiger partial charge is 0.251 e. The van der Waals surface area contributed by atoms with E-state index in [1.807, 2.05) is 0 Å². The zero-order valence-electron chi connectivity index (χ0n) is 13.2. The molecule has 0 radical (unpaired) electrons. The standard InChI is InChI=1S/C16H24N2O3S/c1-13(2)8-9-17-16(19)14-6-5-7-15(12-14)22(20,21)18-10-3-4-11-18/h5-7,12-13H,3-4,8-11H2,1-2H3,(H,17,19). The van der Waals surface area contributed by atoms with Crippen molar-refractivity contribution >= 4 is 15.9 Å². The number of nitrogens with zero attached hydrogens (tertiary/aromatic N) is 1. The monoisotopic (exact) mass is 324 g/mol. The Morgan fingerprint density at radius 3 is 2.59 bits per heavy atom. The molecule has 0 unspecified atom stereocenters. The first-order valence-corrected chi connectivity index (χ1v) is 9.23. The molecule has 1 N–H and O–H groups in total. The second-order valence-electron chi connectivity index (χ2n) is 6.08. The van der Waals surface area contributed by atoms with Gasteiger partial charge in [0.05, 0.1) is 4.90 Å². The maximum Gasteiger partial charge on any atom is 0.251 e. The number of rotatable bonds is 6. The van der Waals surface area contributed by atoms with Gasteiger partial charge in [0.2, 0.25) is 10.0 Å². The zero-order valence-corrected chi connectivity index (χ0v) is 14.0. The first-order valence-electron chi connectivity index (χ1n) is 7.79. The van der Waals surface area contributed by atoms with Gasteiger partial charge in [-0.25, -0.2) is 8.42 Å². The molecule has 0 atom stereocenters. The molecule has 0 aliphatic carbocycles. The lowest BCUT2D eigenvalue weighted by molar-refractivity contribution is 0.0952. The van der Waals surface area contributed by atoms with Gasteiger partial charge in [-0.15, -0.1) is 0 Å². The molecule has 0 aromatic heterocycles. The van der Waals surface area contributed by atoms with Gasteiger partial charge in [0.25, 0.3) is 5.91 Å². The van der Waals surface area contributed by atoms with E-state index in [0.717, 1.165) is 19.3 Å². The number of amides is 1. The van der Waals surface area contributed by atoms with Crippen LogP contribution >= 0.6 is 0 Å². The topological polar surface area (TPSA) is 66.5 Å². The van der Waals surface area contributed by atoms with Crippen LogP contribution in [0.25, 0.3) is 0 Å². The van der Waals surface area contributed by atoms with Crippen molar-refractivity contribution in [1.29, 1.82) is 0 Å². The van der Waals surface area contributed by atoms with E-state index in [1.165, 1.54) is 10.4 Å². The van der Waals surface area contributed by atoms with Crippen molar-refractivity contribution < 1.29 is 13.2 Å². The summed E-state index contributed by atoms with van der Waals surface area (Å²) in [5.41, 5.74) is 0.393. The minimum Gasteiger partial charge on any atom is -0.352 e. The van der Waals surface area contributed by atoms with Crippen LogP contribution in [-0.2, 0) is 10.0 Å². The Kier molecular flexibility index (Phi) is 5.58. The Morgan fingerprint density at radius 1 is 1.27 bits per heavy atom. The molecule has 122 valence electrons. The maximum absolute atomic E-state index is 12.5. The predicted molar refractivity (Wildman–Crippen MR) is 86.2 cm³/mol. The third-order valence-electron chi connectivity index (χ3n) is 3.81. The molecule has 0 spiro atoms. The molecule has 5 nitrogen and oxygen atoms in total. The van der Waals surface area contributed by atoms with Crippen LogP contribution in [0.5, 0.6) is 0 Å². The Bertz CT molecular complexity index is 620. The lowest BCUT2D eigenvalue weighted by Gasteiger charge is -2.16. The summed E-state index contributed by atoms with van der Waals surface area (Å²) in [5, 5.41) is 2.83. The number of sulfonamides is 1. The molecule has 1 fully saturated rings. The van der Waals surface area contributed by atoms with Crippen molar-refractivity contribution in [2.45, 2.75) is 38.0 Å². The number of hydrogen-bond donors (Lipinski definition) is 1. The molecular weight excluding hydrogens is 300 g/mol. The maximum atomic E-state index is 12.5. The van der Waals surface area contributed by atoms with Gasteiger partial charge in [-0.3, -0.25) is 4.79 Å². The normalized spacial score (nSPS) is 16.1. The Morgan fingerprint density at radius 2 is 1.95 bits per heavy atom. The molecule has 1 heterocycles. The van der Waals surface area contributed by atoms with Crippen LogP contribution in [0, 0.1) is 5.92 Å². The number of hydrogen-bond acceptors (Lipinski definition) is 3. The molecule has 1 aliphatic heterocycles. The van der Waals surface area contributed by atoms with Gasteiger partial charge in [0, 0.05) is 25.2 Å². The third kappa shape index (κ3) is 4.08. The van der Waals surface area contributed by atoms with E-state index in [2.05, 4.69) is 19.2 Å². The predicted octanol–water partition coefficient (Wildman–Crippen LogP) is 2.25. The molecule has 6 heteroatoms. The third-order valence-corrected chi connectivity index (χ3v) is 5.70. The van der Waals surface area contributed by atoms with Crippen LogP contribution in [0.1, 0.15) is 43.5 Å². The summed E-state index contributed by atoms with van der Waals surface area (Å²) in [5.74, 6) is 0.293. The molecule has 1 amide bonds. The Balaban J connectivity index is 2.11. The molecule has 1 aromatic rings. The quantitative estimate of drug-likeness (QED) is 0.873. The Hall–Kier alpha value is -1.40. The number of benzene rings is 1. The fraction of sp³-hybridized carbons (Fsp3) is 0.562. The van der Waals surface area contributed by atoms with Gasteiger partial charge in [-0.05, 0) is 43.4 Å². The van der Waals surface area contributed by atoms with Gasteiger partial charge in [-0.1, -0.05) is 19.9 Å². The van der Waals surface area contributed by atoms with Gasteiger partial charge in [0.15, 0.2) is 0 Å². The molecule has 22 heavy (non-hydrogen) atoms. The van der Waals surface area contributed by atoms with Gasteiger partial charge in [-0.2, -0.15) is 4.31 Å². The average molecular weight is 324 g/mol. The zero-order chi connectivity index (χ0) is 16.2. The highest BCUT2D eigenvalue weighted by Gasteiger charge is 2.27. The molecular formula is C16H24N2O3S. The summed E-state index contributed by atoms with van der Waals surface area (Å²) >= 11 is 0. The average Bonchev–Trinajstić information content (AvgIpc) is 3.02. The highest BCUT2D eigenvalue weighted by atomic mass is 32.2. The van der Waals surface area contributed by atoms with E-state index in [4.69, 9.17) is 0 Å². The summed E-state index contributed by atoms with van der Waals surface area (Å²) in [4.78, 5) is 12.3. The van der Waals surface area contributed by atoms with Crippen LogP contribution in [0.4, 0.5) is 0 Å². The van der Waals surface area contributed by atoms with Crippen molar-refractivity contribution in [2.75, 3.05) is 19.6 Å². The van der Waals surface area contributed by atoms with Gasteiger partial charge >= 0.3 is 0 Å². The van der Waals surface area contributed by atoms with E-state index in [9.17, 15) is 13.2 Å². The molecule has 1 aliphatic rings. The number of nitrogens with one attached hydrogen (secondary N) is 1. The van der Waals surface area contributed by atoms with Crippen molar-refractivity contribution in [3.8, 4) is 0 Å². The summed E-state index contributed by atoms with van der Waals surface area (Å²) in [6.45, 7) is 5.91. The van der Waals surface area contributed by atoms with Crippen LogP contribution in [0.2, 0.25) is 0 Å². The first kappa shape index (κ1) is 17.0. The molecule has 1 saturated heterocycles. The van der Waals surface area contributed by atoms with Crippen LogP contribution in [-0.4, -0.2) is 38.3 Å². The second-order valence-corrected chi connectivity index (χ2v) is 8.02. The van der Waals surface area contributed by atoms with Gasteiger partial charge in [0.1, 0.15) is 0 Å². The number of carbonyl (C=O) groups excluding carboxylic acids is 1. The van der Waals surface area contributed by atoms with E-state index in [1.54, 1.807) is 18.2 Å². The fourth-order valence-corrected chi connectivity index (χ4v) is 4.02. The summed E-state index contributed by atoms with van der Waals surface area (Å²) in [6, 6.07) is 6.30. The summed E-state index contributed by atoms with van der Waals surface area (Å²) in [7, 11) is -3.48. The van der Waals surface area contributed by atoms with E-state index < -0.39 is 10.0 Å². The van der Waals surface area contributed by atoms with Crippen molar-refractivity contribution in [3.63, 3.8) is 0 Å². The van der Waals surface area contributed by atoms with Crippen molar-refractivity contribution in [3.05, 3.63) is 29.8 Å². The highest BCUT2D eigenvalue weighted by molar-refractivity contribution is 7.89. The first-order chi connectivity index (χ1) is 10.4. The second kappa shape index (κ2) is 7.24. The molecule has 0 saturated carbocycles. The summed E-state index contributed by atoms with van der Waals surface area (Å²) < 4.78 is 26.5. The molecule has 2 rings (SSSR count). The van der Waals surface area contributed by atoms with Gasteiger partial charge < -0.3 is 5.32 Å². The fourth-order valence-electron chi connectivity index (χ4n) is 2.45. The van der Waals surface area contributed by atoms with Crippen LogP contribution < -0.4 is 5.32 Å². The highest BCUT2D eigenvalue weighted by Crippen LogP contribution is 2.21. The lowest BCUT2D eigenvalue weighted by atomic mass is 10.1. The van der Waals surface area contributed by atoms with E-state index >= 15 is 0 Å². The molecule has 1 aromatic carbocycles. The lowest BCUT2D eigenvalue weighted by Crippen LogP contribution is -2.29. The number of carbonyl (C=O) groups is 1. The van der Waals surface area contributed by atoms with Crippen LogP contribution in [0.3, 0.4) is 0 Å².